The second-order valence-electron chi connectivity index (χ2n) is 10.6. The van der Waals surface area contributed by atoms with Gasteiger partial charge in [-0.3, -0.25) is 0 Å². The third kappa shape index (κ3) is 7.45. The van der Waals surface area contributed by atoms with Gasteiger partial charge in [-0.25, -0.2) is 13.2 Å². The number of halogens is 5. The van der Waals surface area contributed by atoms with E-state index in [0.29, 0.717) is 43.6 Å². The molecule has 0 amide bonds. The molecule has 0 aliphatic heterocycles. The molecule has 2 aromatic rings. The molecule has 0 bridgehead atoms. The molecule has 1 nitrogen and oxygen atoms in total. The van der Waals surface area contributed by atoms with Gasteiger partial charge in [0.15, 0.2) is 0 Å². The molecular weight excluding hydrogens is 483 g/mol. The van der Waals surface area contributed by atoms with E-state index < -0.39 is 29.5 Å². The average Bonchev–Trinajstić information content (AvgIpc) is 2.86. The van der Waals surface area contributed by atoms with E-state index in [1.165, 1.54) is 44.2 Å². The average molecular weight is 519 g/mol. The van der Waals surface area contributed by atoms with Crippen molar-refractivity contribution in [2.75, 3.05) is 0 Å². The highest BCUT2D eigenvalue weighted by atomic mass is 19.3. The van der Waals surface area contributed by atoms with Crippen molar-refractivity contribution in [1.29, 1.82) is 0 Å². The van der Waals surface area contributed by atoms with Crippen LogP contribution >= 0.6 is 0 Å². The van der Waals surface area contributed by atoms with Gasteiger partial charge < -0.3 is 4.74 Å². The lowest BCUT2D eigenvalue weighted by Crippen LogP contribution is -2.37. The van der Waals surface area contributed by atoms with Gasteiger partial charge in [-0.05, 0) is 112 Å². The van der Waals surface area contributed by atoms with E-state index in [1.54, 1.807) is 0 Å². The predicted molar refractivity (Wildman–Crippen MR) is 137 cm³/mol. The van der Waals surface area contributed by atoms with Crippen LogP contribution in [0.15, 0.2) is 61.2 Å². The largest absolute Gasteiger partial charge is 0.432 e. The highest BCUT2D eigenvalue weighted by Gasteiger charge is 2.43. The van der Waals surface area contributed by atoms with Crippen molar-refractivity contribution in [3.63, 3.8) is 0 Å². The number of benzene rings is 2. The van der Waals surface area contributed by atoms with Gasteiger partial charge in [-0.15, -0.1) is 6.58 Å². The van der Waals surface area contributed by atoms with E-state index in [1.807, 2.05) is 6.08 Å². The maximum atomic E-state index is 14.9. The lowest BCUT2D eigenvalue weighted by atomic mass is 9.78. The van der Waals surface area contributed by atoms with Crippen molar-refractivity contribution in [2.24, 2.45) is 23.7 Å². The molecule has 0 aromatic heterocycles. The summed E-state index contributed by atoms with van der Waals surface area (Å²) >= 11 is 0. The van der Waals surface area contributed by atoms with Crippen LogP contribution in [0, 0.1) is 41.1 Å². The van der Waals surface area contributed by atoms with Crippen molar-refractivity contribution >= 4 is 0 Å². The van der Waals surface area contributed by atoms with Crippen LogP contribution in [-0.2, 0) is 0 Å². The van der Waals surface area contributed by atoms with Gasteiger partial charge in [0.25, 0.3) is 0 Å². The van der Waals surface area contributed by atoms with Gasteiger partial charge in [-0.1, -0.05) is 18.2 Å². The quantitative estimate of drug-likeness (QED) is 0.237. The topological polar surface area (TPSA) is 9.23 Å². The molecule has 2 aliphatic carbocycles. The second-order valence-corrected chi connectivity index (χ2v) is 10.6. The Balaban J connectivity index is 1.28. The monoisotopic (exact) mass is 518 g/mol. The fraction of sp³-hybridized carbons (Fsp3) is 0.484. The van der Waals surface area contributed by atoms with Gasteiger partial charge in [0, 0.05) is 17.7 Å². The molecule has 2 fully saturated rings. The molecule has 0 radical (unpaired) electrons. The van der Waals surface area contributed by atoms with Gasteiger partial charge >= 0.3 is 6.11 Å². The van der Waals surface area contributed by atoms with Crippen molar-refractivity contribution < 1.29 is 26.7 Å². The van der Waals surface area contributed by atoms with E-state index in [9.17, 15) is 22.0 Å². The van der Waals surface area contributed by atoms with Gasteiger partial charge in [0.1, 0.15) is 23.2 Å². The zero-order valence-corrected chi connectivity index (χ0v) is 21.1. The molecule has 0 spiro atoms. The summed E-state index contributed by atoms with van der Waals surface area (Å²) in [4.78, 5) is 0. The maximum absolute atomic E-state index is 14.9. The molecule has 0 heterocycles. The Kier molecular flexibility index (Phi) is 9.09. The van der Waals surface area contributed by atoms with E-state index in [4.69, 9.17) is 4.74 Å². The summed E-state index contributed by atoms with van der Waals surface area (Å²) in [6, 6.07) is 5.89. The van der Waals surface area contributed by atoms with Crippen LogP contribution in [0.2, 0.25) is 0 Å². The first-order valence-corrected chi connectivity index (χ1v) is 13.4. The number of rotatable bonds is 9. The number of hydrogen-bond donors (Lipinski definition) is 0. The zero-order chi connectivity index (χ0) is 26.4. The van der Waals surface area contributed by atoms with Crippen LogP contribution in [0.3, 0.4) is 0 Å². The Hall–Kier alpha value is -2.63. The summed E-state index contributed by atoms with van der Waals surface area (Å²) < 4.78 is 76.3. The minimum Gasteiger partial charge on any atom is -0.432 e. The fourth-order valence-electron chi connectivity index (χ4n) is 5.73. The Morgan fingerprint density at radius 3 is 1.97 bits per heavy atom. The summed E-state index contributed by atoms with van der Waals surface area (Å²) in [6.07, 6.45) is 12.3. The second kappa shape index (κ2) is 12.3. The SMILES string of the molecule is C=CCCC1CCC(/C=C/C2CCC(C(F)(F)Oc3ccc(-c4cc(F)cc(F)c4)c(F)c3)CC2)CC1. The van der Waals surface area contributed by atoms with Crippen LogP contribution in [0.4, 0.5) is 22.0 Å². The van der Waals surface area contributed by atoms with Crippen molar-refractivity contribution in [3.8, 4) is 16.9 Å². The van der Waals surface area contributed by atoms with Crippen molar-refractivity contribution in [3.05, 3.63) is 78.7 Å². The first-order valence-electron chi connectivity index (χ1n) is 13.4. The highest BCUT2D eigenvalue weighted by molar-refractivity contribution is 5.65. The number of alkyl halides is 2. The molecular formula is C31H35F5O. The molecule has 0 N–H and O–H groups in total. The van der Waals surface area contributed by atoms with E-state index in [2.05, 4.69) is 18.7 Å². The van der Waals surface area contributed by atoms with Crippen LogP contribution < -0.4 is 4.74 Å². The molecule has 0 unspecified atom stereocenters. The normalized spacial score (nSPS) is 24.8. The predicted octanol–water partition coefficient (Wildman–Crippen LogP) is 9.88. The summed E-state index contributed by atoms with van der Waals surface area (Å²) in [5.74, 6) is -2.16. The van der Waals surface area contributed by atoms with Crippen molar-refractivity contribution in [1.82, 2.24) is 0 Å². The zero-order valence-electron chi connectivity index (χ0n) is 21.1. The molecule has 0 atom stereocenters. The third-order valence-corrected chi connectivity index (χ3v) is 7.94. The lowest BCUT2D eigenvalue weighted by molar-refractivity contribution is -0.223. The minimum atomic E-state index is -3.43. The van der Waals surface area contributed by atoms with Gasteiger partial charge in [0.05, 0.1) is 5.92 Å². The molecule has 37 heavy (non-hydrogen) atoms. The third-order valence-electron chi connectivity index (χ3n) is 7.94. The molecule has 6 heteroatoms. The van der Waals surface area contributed by atoms with Crippen LogP contribution in [0.25, 0.3) is 11.1 Å². The van der Waals surface area contributed by atoms with E-state index >= 15 is 0 Å². The van der Waals surface area contributed by atoms with Crippen LogP contribution in [-0.4, -0.2) is 6.11 Å². The number of allylic oxidation sites excluding steroid dienone is 3. The van der Waals surface area contributed by atoms with Crippen LogP contribution in [0.5, 0.6) is 5.75 Å². The van der Waals surface area contributed by atoms with E-state index in [-0.39, 0.29) is 16.9 Å². The smallest absolute Gasteiger partial charge is 0.400 e. The summed E-state index contributed by atoms with van der Waals surface area (Å²) in [5, 5.41) is 0. The Bertz CT molecular complexity index is 1060. The molecule has 4 rings (SSSR count). The highest BCUT2D eigenvalue weighted by Crippen LogP contribution is 2.41. The standard InChI is InChI=1S/C31H35F5O/c1-2-3-4-21-5-7-22(8-6-21)9-10-23-11-13-25(14-12-23)31(35,36)37-28-15-16-29(30(34)20-28)24-17-26(32)19-27(33)18-24/h2,9-10,15-23,25H,1,3-8,11-14H2/b10-9+. The molecule has 200 valence electrons. The van der Waals surface area contributed by atoms with Gasteiger partial charge in [-0.2, -0.15) is 8.78 Å². The minimum absolute atomic E-state index is 0.0135. The molecule has 2 aromatic carbocycles. The number of hydrogen-bond acceptors (Lipinski definition) is 1. The van der Waals surface area contributed by atoms with E-state index in [0.717, 1.165) is 30.5 Å². The maximum Gasteiger partial charge on any atom is 0.400 e. The summed E-state index contributed by atoms with van der Waals surface area (Å²) in [5.41, 5.74) is -0.105. The summed E-state index contributed by atoms with van der Waals surface area (Å²) in [7, 11) is 0. The lowest BCUT2D eigenvalue weighted by Gasteiger charge is -2.32. The Morgan fingerprint density at radius 1 is 0.811 bits per heavy atom. The first kappa shape index (κ1) is 27.4. The molecule has 2 saturated carbocycles. The van der Waals surface area contributed by atoms with Crippen molar-refractivity contribution in [2.45, 2.75) is 70.3 Å². The van der Waals surface area contributed by atoms with Crippen LogP contribution in [0.1, 0.15) is 64.2 Å². The molecule has 0 saturated heterocycles. The summed E-state index contributed by atoms with van der Waals surface area (Å²) in [6.45, 7) is 3.80. The molecule has 2 aliphatic rings. The van der Waals surface area contributed by atoms with Gasteiger partial charge in [0.2, 0.25) is 0 Å². The fourth-order valence-corrected chi connectivity index (χ4v) is 5.73. The number of ether oxygens (including phenoxy) is 1. The first-order chi connectivity index (χ1) is 17.7. The Morgan fingerprint density at radius 2 is 1.41 bits per heavy atom. The Labute approximate surface area is 216 Å².